The highest BCUT2D eigenvalue weighted by Gasteiger charge is 2.19. The van der Waals surface area contributed by atoms with E-state index in [0.717, 1.165) is 17.9 Å². The molecular weight excluding hydrogens is 364 g/mol. The van der Waals surface area contributed by atoms with Crippen molar-refractivity contribution in [3.05, 3.63) is 27.7 Å². The topological polar surface area (TPSA) is 71.9 Å². The lowest BCUT2D eigenvalue weighted by atomic mass is 10.2. The minimum Gasteiger partial charge on any atom is -0.493 e. The van der Waals surface area contributed by atoms with Gasteiger partial charge in [-0.05, 0) is 32.6 Å². The molecule has 0 unspecified atom stereocenters. The number of carboxylic acid groups (broad SMARTS) is 1. The number of benzene rings is 1. The van der Waals surface area contributed by atoms with Crippen LogP contribution in [0.2, 0.25) is 5.02 Å². The molecule has 0 aliphatic rings. The van der Waals surface area contributed by atoms with Crippen molar-refractivity contribution >= 4 is 28.9 Å². The Bertz CT molecular complexity index is 761. The summed E-state index contributed by atoms with van der Waals surface area (Å²) in [5, 5.41) is 10.3. The molecule has 25 heavy (non-hydrogen) atoms. The van der Waals surface area contributed by atoms with Gasteiger partial charge in [-0.15, -0.1) is 11.3 Å². The first-order valence-electron chi connectivity index (χ1n) is 7.75. The summed E-state index contributed by atoms with van der Waals surface area (Å²) in [7, 11) is 5.45. The molecule has 1 heterocycles. The second kappa shape index (κ2) is 8.51. The maximum Gasteiger partial charge on any atom is 0.347 e. The number of likely N-dealkylation sites (N-methyl/N-ethyl adjacent to an activating group) is 1. The number of nitrogens with zero attached hydrogens (tertiary/aromatic N) is 2. The van der Waals surface area contributed by atoms with E-state index >= 15 is 0 Å². The molecule has 0 spiro atoms. The summed E-state index contributed by atoms with van der Waals surface area (Å²) < 4.78 is 11.1. The zero-order valence-corrected chi connectivity index (χ0v) is 16.2. The summed E-state index contributed by atoms with van der Waals surface area (Å²) in [6, 6.07) is 3.49. The molecule has 1 aromatic carbocycles. The molecule has 0 radical (unpaired) electrons. The number of rotatable bonds is 8. The van der Waals surface area contributed by atoms with E-state index in [1.165, 1.54) is 7.11 Å². The van der Waals surface area contributed by atoms with Gasteiger partial charge in [0.1, 0.15) is 16.5 Å². The maximum atomic E-state index is 11.3. The van der Waals surface area contributed by atoms with Gasteiger partial charge in [0.15, 0.2) is 11.5 Å². The van der Waals surface area contributed by atoms with Gasteiger partial charge < -0.3 is 19.5 Å². The van der Waals surface area contributed by atoms with Gasteiger partial charge in [0.25, 0.3) is 0 Å². The standard InChI is InChI=1S/C17H21ClN2O4S/c1-5-12-15(17(21)22)25-16(19-12)10-8-11(18)14(13(9-10)23-4)24-7-6-20(2)3/h8-9H,5-7H2,1-4H3,(H,21,22). The highest BCUT2D eigenvalue weighted by molar-refractivity contribution is 7.17. The molecule has 0 atom stereocenters. The van der Waals surface area contributed by atoms with Crippen LogP contribution in [-0.4, -0.2) is 55.3 Å². The Labute approximate surface area is 156 Å². The van der Waals surface area contributed by atoms with E-state index in [2.05, 4.69) is 4.98 Å². The van der Waals surface area contributed by atoms with E-state index in [4.69, 9.17) is 21.1 Å². The smallest absolute Gasteiger partial charge is 0.347 e. The van der Waals surface area contributed by atoms with Gasteiger partial charge in [-0.3, -0.25) is 0 Å². The molecule has 0 amide bonds. The van der Waals surface area contributed by atoms with Gasteiger partial charge >= 0.3 is 5.97 Å². The van der Waals surface area contributed by atoms with Gasteiger partial charge in [-0.2, -0.15) is 0 Å². The molecule has 1 N–H and O–H groups in total. The van der Waals surface area contributed by atoms with E-state index in [-0.39, 0.29) is 4.88 Å². The Morgan fingerprint density at radius 3 is 2.64 bits per heavy atom. The number of thiazole rings is 1. The fourth-order valence-corrected chi connectivity index (χ4v) is 3.44. The van der Waals surface area contributed by atoms with Gasteiger partial charge in [0.05, 0.1) is 17.8 Å². The van der Waals surface area contributed by atoms with Crippen LogP contribution in [0.5, 0.6) is 11.5 Å². The highest BCUT2D eigenvalue weighted by atomic mass is 35.5. The number of aromatic nitrogens is 1. The number of hydrogen-bond donors (Lipinski definition) is 1. The van der Waals surface area contributed by atoms with Crippen LogP contribution in [0.4, 0.5) is 0 Å². The number of carboxylic acids is 1. The summed E-state index contributed by atoms with van der Waals surface area (Å²) in [5.41, 5.74) is 1.27. The van der Waals surface area contributed by atoms with Crippen LogP contribution in [0.15, 0.2) is 12.1 Å². The number of carbonyl (C=O) groups is 1. The monoisotopic (exact) mass is 384 g/mol. The molecule has 0 fully saturated rings. The Morgan fingerprint density at radius 1 is 1.40 bits per heavy atom. The Kier molecular flexibility index (Phi) is 6.64. The number of methoxy groups -OCH3 is 1. The summed E-state index contributed by atoms with van der Waals surface area (Å²) in [4.78, 5) is 18.0. The van der Waals surface area contributed by atoms with Crippen molar-refractivity contribution in [1.29, 1.82) is 0 Å². The third-order valence-corrected chi connectivity index (χ3v) is 4.90. The molecule has 1 aromatic heterocycles. The second-order valence-corrected chi connectivity index (χ2v) is 7.00. The average molecular weight is 385 g/mol. The SMILES string of the molecule is CCc1nc(-c2cc(Cl)c(OCCN(C)C)c(OC)c2)sc1C(=O)O. The van der Waals surface area contributed by atoms with Crippen LogP contribution in [0, 0.1) is 0 Å². The predicted octanol–water partition coefficient (Wildman–Crippen LogP) is 3.67. The third-order valence-electron chi connectivity index (χ3n) is 3.49. The van der Waals surface area contributed by atoms with E-state index in [1.807, 2.05) is 25.9 Å². The lowest BCUT2D eigenvalue weighted by Gasteiger charge is -2.15. The lowest BCUT2D eigenvalue weighted by molar-refractivity contribution is 0.0701. The Hall–Kier alpha value is -1.83. The first-order valence-corrected chi connectivity index (χ1v) is 8.95. The second-order valence-electron chi connectivity index (χ2n) is 5.59. The summed E-state index contributed by atoms with van der Waals surface area (Å²) in [6.07, 6.45) is 0.550. The molecule has 136 valence electrons. The van der Waals surface area contributed by atoms with Crippen LogP contribution in [-0.2, 0) is 6.42 Å². The normalized spacial score (nSPS) is 11.0. The van der Waals surface area contributed by atoms with Gasteiger partial charge in [0.2, 0.25) is 0 Å². The van der Waals surface area contributed by atoms with E-state index in [1.54, 1.807) is 12.1 Å². The van der Waals surface area contributed by atoms with Crippen LogP contribution in [0.3, 0.4) is 0 Å². The van der Waals surface area contributed by atoms with E-state index in [9.17, 15) is 9.90 Å². The van der Waals surface area contributed by atoms with E-state index < -0.39 is 5.97 Å². The maximum absolute atomic E-state index is 11.3. The minimum absolute atomic E-state index is 0.249. The highest BCUT2D eigenvalue weighted by Crippen LogP contribution is 2.40. The van der Waals surface area contributed by atoms with Crippen LogP contribution < -0.4 is 9.47 Å². The van der Waals surface area contributed by atoms with Crippen molar-refractivity contribution in [3.63, 3.8) is 0 Å². The molecule has 0 bridgehead atoms. The summed E-state index contributed by atoms with van der Waals surface area (Å²) >= 11 is 7.49. The van der Waals surface area contributed by atoms with Crippen molar-refractivity contribution in [2.45, 2.75) is 13.3 Å². The lowest BCUT2D eigenvalue weighted by Crippen LogP contribution is -2.19. The van der Waals surface area contributed by atoms with Gasteiger partial charge in [-0.25, -0.2) is 9.78 Å². The molecule has 0 saturated carbocycles. The van der Waals surface area contributed by atoms with Gasteiger partial charge in [0, 0.05) is 12.1 Å². The Morgan fingerprint density at radius 2 is 2.12 bits per heavy atom. The largest absolute Gasteiger partial charge is 0.493 e. The Balaban J connectivity index is 2.37. The van der Waals surface area contributed by atoms with Crippen molar-refractivity contribution in [3.8, 4) is 22.1 Å². The zero-order valence-electron chi connectivity index (χ0n) is 14.6. The molecule has 0 saturated heterocycles. The average Bonchev–Trinajstić information content (AvgIpc) is 3.00. The van der Waals surface area contributed by atoms with Crippen LogP contribution in [0.25, 0.3) is 10.6 Å². The first kappa shape index (κ1) is 19.5. The summed E-state index contributed by atoms with van der Waals surface area (Å²) in [5.74, 6) is -0.00539. The quantitative estimate of drug-likeness (QED) is 0.748. The number of aromatic carboxylic acids is 1. The molecule has 0 aliphatic carbocycles. The van der Waals surface area contributed by atoms with Crippen molar-refractivity contribution in [1.82, 2.24) is 9.88 Å². The number of hydrogen-bond acceptors (Lipinski definition) is 6. The van der Waals surface area contributed by atoms with Crippen molar-refractivity contribution in [2.24, 2.45) is 0 Å². The van der Waals surface area contributed by atoms with Crippen molar-refractivity contribution < 1.29 is 19.4 Å². The molecule has 0 aliphatic heterocycles. The number of halogens is 1. The van der Waals surface area contributed by atoms with Crippen LogP contribution in [0.1, 0.15) is 22.3 Å². The molecule has 2 rings (SSSR count). The molecule has 2 aromatic rings. The number of aryl methyl sites for hydroxylation is 1. The molecular formula is C17H21ClN2O4S. The van der Waals surface area contributed by atoms with Gasteiger partial charge in [-0.1, -0.05) is 18.5 Å². The number of ether oxygens (including phenoxy) is 2. The zero-order chi connectivity index (χ0) is 18.6. The molecule has 6 nitrogen and oxygen atoms in total. The predicted molar refractivity (Wildman–Crippen MR) is 99.5 cm³/mol. The summed E-state index contributed by atoms with van der Waals surface area (Å²) in [6.45, 7) is 3.10. The van der Waals surface area contributed by atoms with Crippen molar-refractivity contribution in [2.75, 3.05) is 34.4 Å². The van der Waals surface area contributed by atoms with E-state index in [0.29, 0.717) is 45.8 Å². The van der Waals surface area contributed by atoms with Crippen LogP contribution >= 0.6 is 22.9 Å². The fourth-order valence-electron chi connectivity index (χ4n) is 2.20. The minimum atomic E-state index is -0.970. The fraction of sp³-hybridized carbons (Fsp3) is 0.412. The molecule has 8 heteroatoms. The third kappa shape index (κ3) is 4.62. The first-order chi connectivity index (χ1) is 11.9.